The van der Waals surface area contributed by atoms with Crippen LogP contribution in [-0.2, 0) is 26.2 Å². The van der Waals surface area contributed by atoms with Crippen molar-refractivity contribution < 1.29 is 22.7 Å². The van der Waals surface area contributed by atoms with Gasteiger partial charge in [-0.25, -0.2) is 8.42 Å². The summed E-state index contributed by atoms with van der Waals surface area (Å²) in [6.45, 7) is 6.67. The molecule has 3 aromatic carbocycles. The van der Waals surface area contributed by atoms with Crippen LogP contribution in [0, 0.1) is 6.92 Å². The molecular weight excluding hydrogens is 618 g/mol. The third-order valence-corrected chi connectivity index (χ3v) is 8.79. The maximum Gasteiger partial charge on any atom is 0.264 e. The van der Waals surface area contributed by atoms with Crippen LogP contribution in [0.15, 0.2) is 76.1 Å². The van der Waals surface area contributed by atoms with Gasteiger partial charge in [-0.15, -0.1) is 0 Å². The van der Waals surface area contributed by atoms with Gasteiger partial charge in [0.1, 0.15) is 18.3 Å². The fourth-order valence-electron chi connectivity index (χ4n) is 3.95. The molecule has 3 aromatic rings. The Morgan fingerprint density at radius 3 is 2.17 bits per heavy atom. The molecular formula is C29H33BrClN3O5S. The maximum atomic E-state index is 13.9. The number of amides is 2. The Bertz CT molecular complexity index is 1450. The minimum absolute atomic E-state index is 0.0166. The number of nitrogens with one attached hydrogen (secondary N) is 1. The Hall–Kier alpha value is -3.08. The minimum atomic E-state index is -4.20. The normalized spacial score (nSPS) is 12.1. The second-order valence-corrected chi connectivity index (χ2v) is 12.8. The lowest BCUT2D eigenvalue weighted by Gasteiger charge is -2.32. The van der Waals surface area contributed by atoms with Gasteiger partial charge >= 0.3 is 0 Å². The number of hydrogen-bond donors (Lipinski definition) is 1. The van der Waals surface area contributed by atoms with E-state index in [2.05, 4.69) is 21.2 Å². The molecule has 0 fully saturated rings. The second kappa shape index (κ2) is 13.5. The molecule has 2 amide bonds. The van der Waals surface area contributed by atoms with Gasteiger partial charge in [0, 0.05) is 17.1 Å². The van der Waals surface area contributed by atoms with Crippen LogP contribution < -0.4 is 14.4 Å². The first kappa shape index (κ1) is 31.4. The predicted octanol–water partition coefficient (Wildman–Crippen LogP) is 5.56. The average Bonchev–Trinajstić information content (AvgIpc) is 2.90. The highest BCUT2D eigenvalue weighted by molar-refractivity contribution is 9.10. The lowest BCUT2D eigenvalue weighted by atomic mass is 10.1. The number of carbonyl (C=O) groups excluding carboxylic acids is 2. The Balaban J connectivity index is 2.06. The molecule has 0 heterocycles. The fourth-order valence-corrected chi connectivity index (χ4v) is 5.87. The van der Waals surface area contributed by atoms with Gasteiger partial charge in [-0.1, -0.05) is 57.4 Å². The van der Waals surface area contributed by atoms with Crippen molar-refractivity contribution in [1.29, 1.82) is 0 Å². The van der Waals surface area contributed by atoms with Gasteiger partial charge in [0.25, 0.3) is 10.0 Å². The number of nitrogens with zero attached hydrogens (tertiary/aromatic N) is 2. The topological polar surface area (TPSA) is 96.0 Å². The van der Waals surface area contributed by atoms with E-state index in [4.69, 9.17) is 16.3 Å². The third-order valence-electron chi connectivity index (χ3n) is 6.18. The molecule has 0 spiro atoms. The van der Waals surface area contributed by atoms with E-state index in [0.29, 0.717) is 5.75 Å². The zero-order chi connectivity index (χ0) is 29.6. The number of carbonyl (C=O) groups is 2. The fraction of sp³-hybridized carbons (Fsp3) is 0.310. The van der Waals surface area contributed by atoms with Crippen LogP contribution in [0.3, 0.4) is 0 Å². The van der Waals surface area contributed by atoms with E-state index in [1.165, 1.54) is 42.3 Å². The van der Waals surface area contributed by atoms with Crippen molar-refractivity contribution in [1.82, 2.24) is 10.2 Å². The summed E-state index contributed by atoms with van der Waals surface area (Å²) in [5.41, 5.74) is 1.85. The van der Waals surface area contributed by atoms with Crippen LogP contribution in [0.2, 0.25) is 5.02 Å². The second-order valence-electron chi connectivity index (χ2n) is 9.63. The highest BCUT2D eigenvalue weighted by Crippen LogP contribution is 2.32. The molecule has 0 radical (unpaired) electrons. The number of rotatable bonds is 11. The van der Waals surface area contributed by atoms with Gasteiger partial charge < -0.3 is 15.0 Å². The van der Waals surface area contributed by atoms with Crippen LogP contribution >= 0.6 is 27.5 Å². The maximum absolute atomic E-state index is 13.9. The van der Waals surface area contributed by atoms with E-state index in [1.807, 2.05) is 45.0 Å². The van der Waals surface area contributed by atoms with Crippen molar-refractivity contribution in [3.63, 3.8) is 0 Å². The molecule has 40 heavy (non-hydrogen) atoms. The molecule has 8 nitrogen and oxygen atoms in total. The lowest BCUT2D eigenvalue weighted by Crippen LogP contribution is -2.52. The zero-order valence-corrected chi connectivity index (χ0v) is 26.2. The number of anilines is 1. The molecule has 0 saturated carbocycles. The van der Waals surface area contributed by atoms with Crippen molar-refractivity contribution in [2.45, 2.75) is 51.2 Å². The molecule has 214 valence electrons. The summed E-state index contributed by atoms with van der Waals surface area (Å²) in [5, 5.41) is 3.02. The van der Waals surface area contributed by atoms with Gasteiger partial charge in [-0.05, 0) is 75.7 Å². The summed E-state index contributed by atoms with van der Waals surface area (Å²) in [5.74, 6) is -0.543. The Morgan fingerprint density at radius 2 is 1.62 bits per heavy atom. The number of halogens is 2. The number of sulfonamides is 1. The van der Waals surface area contributed by atoms with Crippen LogP contribution in [0.4, 0.5) is 5.69 Å². The first-order valence-corrected chi connectivity index (χ1v) is 15.2. The first-order valence-electron chi connectivity index (χ1n) is 12.6. The summed E-state index contributed by atoms with van der Waals surface area (Å²) in [4.78, 5) is 28.3. The molecule has 11 heteroatoms. The quantitative estimate of drug-likeness (QED) is 0.293. The van der Waals surface area contributed by atoms with E-state index < -0.39 is 28.5 Å². The number of ether oxygens (including phenoxy) is 1. The summed E-state index contributed by atoms with van der Waals surface area (Å²) < 4.78 is 34.9. The zero-order valence-electron chi connectivity index (χ0n) is 23.0. The van der Waals surface area contributed by atoms with Crippen LogP contribution in [0.25, 0.3) is 0 Å². The van der Waals surface area contributed by atoms with Crippen molar-refractivity contribution >= 4 is 55.1 Å². The monoisotopic (exact) mass is 649 g/mol. The van der Waals surface area contributed by atoms with Gasteiger partial charge in [0.05, 0.1) is 22.7 Å². The molecule has 0 aliphatic heterocycles. The lowest BCUT2D eigenvalue weighted by molar-refractivity contribution is -0.139. The van der Waals surface area contributed by atoms with E-state index in [-0.39, 0.29) is 34.1 Å². The molecule has 1 N–H and O–H groups in total. The van der Waals surface area contributed by atoms with Gasteiger partial charge in [-0.2, -0.15) is 0 Å². The van der Waals surface area contributed by atoms with E-state index in [9.17, 15) is 18.0 Å². The molecule has 1 unspecified atom stereocenters. The van der Waals surface area contributed by atoms with Crippen molar-refractivity contribution in [3.05, 3.63) is 87.4 Å². The number of methoxy groups -OCH3 is 1. The largest absolute Gasteiger partial charge is 0.495 e. The molecule has 0 aliphatic rings. The van der Waals surface area contributed by atoms with Crippen LogP contribution in [-0.4, -0.2) is 50.9 Å². The number of hydrogen-bond acceptors (Lipinski definition) is 5. The van der Waals surface area contributed by atoms with Gasteiger partial charge in [0.15, 0.2) is 0 Å². The summed E-state index contributed by atoms with van der Waals surface area (Å²) >= 11 is 9.76. The van der Waals surface area contributed by atoms with Crippen molar-refractivity contribution in [3.8, 4) is 5.75 Å². The van der Waals surface area contributed by atoms with Crippen LogP contribution in [0.5, 0.6) is 5.75 Å². The highest BCUT2D eigenvalue weighted by atomic mass is 79.9. The molecule has 1 atom stereocenters. The molecule has 0 bridgehead atoms. The summed E-state index contributed by atoms with van der Waals surface area (Å²) in [6.07, 6.45) is 0. The number of aryl methyl sites for hydroxylation is 1. The van der Waals surface area contributed by atoms with E-state index >= 15 is 0 Å². The SMILES string of the molecule is COc1ccc(N(CC(=O)N(Cc2ccc(Br)cc2)C(C)C(=O)NC(C)C)S(=O)(=O)c2ccc(C)cc2)cc1Cl. The minimum Gasteiger partial charge on any atom is -0.495 e. The Kier molecular flexibility index (Phi) is 10.6. The van der Waals surface area contributed by atoms with Crippen molar-refractivity contribution in [2.75, 3.05) is 18.0 Å². The molecule has 0 aromatic heterocycles. The van der Waals surface area contributed by atoms with E-state index in [0.717, 1.165) is 19.9 Å². The Labute approximate surface area is 249 Å². The predicted molar refractivity (Wildman–Crippen MR) is 161 cm³/mol. The highest BCUT2D eigenvalue weighted by Gasteiger charge is 2.33. The third kappa shape index (κ3) is 7.77. The average molecular weight is 651 g/mol. The summed E-state index contributed by atoms with van der Waals surface area (Å²) in [7, 11) is -2.75. The van der Waals surface area contributed by atoms with Crippen molar-refractivity contribution in [2.24, 2.45) is 0 Å². The molecule has 0 aliphatic carbocycles. The smallest absolute Gasteiger partial charge is 0.264 e. The van der Waals surface area contributed by atoms with Gasteiger partial charge in [-0.3, -0.25) is 13.9 Å². The Morgan fingerprint density at radius 1 is 1.00 bits per heavy atom. The summed E-state index contributed by atoms with van der Waals surface area (Å²) in [6, 6.07) is 17.2. The van der Waals surface area contributed by atoms with E-state index in [1.54, 1.807) is 19.1 Å². The standard InChI is InChI=1S/C29H33BrClN3O5S/c1-19(2)32-29(36)21(4)33(17-22-8-10-23(30)11-9-22)28(35)18-34(24-12-15-27(39-5)26(31)16-24)40(37,38)25-13-6-20(3)7-14-25/h6-16,19,21H,17-18H2,1-5H3,(H,32,36). The molecule has 0 saturated heterocycles. The van der Waals surface area contributed by atoms with Crippen LogP contribution in [0.1, 0.15) is 31.9 Å². The van der Waals surface area contributed by atoms with Gasteiger partial charge in [0.2, 0.25) is 11.8 Å². The first-order chi connectivity index (χ1) is 18.8. The number of benzene rings is 3. The molecule has 3 rings (SSSR count).